The molecular formula is C20H27N3O5. The second-order valence-electron chi connectivity index (χ2n) is 6.46. The number of aromatic nitrogens is 2. The lowest BCUT2D eigenvalue weighted by atomic mass is 10.1. The molecular weight excluding hydrogens is 362 g/mol. The maximum atomic E-state index is 12.8. The van der Waals surface area contributed by atoms with Crippen LogP contribution in [0.25, 0.3) is 11.3 Å². The second kappa shape index (κ2) is 10.2. The molecule has 0 saturated carbocycles. The fourth-order valence-corrected chi connectivity index (χ4v) is 2.21. The van der Waals surface area contributed by atoms with Crippen LogP contribution in [-0.4, -0.2) is 34.3 Å². The zero-order chi connectivity index (χ0) is 21.3. The molecule has 0 spiro atoms. The summed E-state index contributed by atoms with van der Waals surface area (Å²) >= 11 is 0. The van der Waals surface area contributed by atoms with Crippen LogP contribution in [-0.2, 0) is 20.8 Å². The fraction of sp³-hybridized carbons (Fsp3) is 0.400. The molecule has 0 aliphatic heterocycles. The molecule has 8 nitrogen and oxygen atoms in total. The van der Waals surface area contributed by atoms with Gasteiger partial charge >= 0.3 is 12.1 Å². The van der Waals surface area contributed by atoms with Gasteiger partial charge in [-0.25, -0.2) is 4.79 Å². The molecule has 2 aromatic rings. The van der Waals surface area contributed by atoms with E-state index >= 15 is 0 Å². The molecule has 8 heteroatoms. The first-order valence-electron chi connectivity index (χ1n) is 8.92. The Bertz CT molecular complexity index is 854. The largest absolute Gasteiger partial charge is 0.468 e. The van der Waals surface area contributed by atoms with Crippen molar-refractivity contribution in [1.29, 1.82) is 0 Å². The van der Waals surface area contributed by atoms with Gasteiger partial charge in [-0.1, -0.05) is 13.8 Å². The van der Waals surface area contributed by atoms with Crippen molar-refractivity contribution in [1.82, 2.24) is 9.55 Å². The summed E-state index contributed by atoms with van der Waals surface area (Å²) in [4.78, 5) is 40.4. The molecule has 0 saturated heterocycles. The van der Waals surface area contributed by atoms with Gasteiger partial charge in [0.2, 0.25) is 0 Å². The van der Waals surface area contributed by atoms with Crippen LogP contribution in [0.15, 0.2) is 41.5 Å². The molecule has 0 fully saturated rings. The lowest BCUT2D eigenvalue weighted by molar-refractivity contribution is -0.141. The topological polar surface area (TPSA) is 99.5 Å². The van der Waals surface area contributed by atoms with E-state index in [0.717, 1.165) is 0 Å². The molecule has 2 aromatic heterocycles. The molecule has 1 amide bonds. The van der Waals surface area contributed by atoms with E-state index in [4.69, 9.17) is 4.74 Å². The monoisotopic (exact) mass is 389 g/mol. The number of methoxy groups -OCH3 is 1. The molecule has 0 aliphatic carbocycles. The van der Waals surface area contributed by atoms with Gasteiger partial charge in [-0.05, 0) is 45.0 Å². The minimum absolute atomic E-state index is 0.000888. The van der Waals surface area contributed by atoms with Crippen LogP contribution in [0, 0.1) is 0 Å². The Balaban J connectivity index is 0.00000190. The van der Waals surface area contributed by atoms with Crippen LogP contribution < -0.4 is 10.9 Å². The number of nitrogens with one attached hydrogen (secondary N) is 1. The highest BCUT2D eigenvalue weighted by Crippen LogP contribution is 2.19. The van der Waals surface area contributed by atoms with Crippen molar-refractivity contribution in [2.75, 3.05) is 12.4 Å². The highest BCUT2D eigenvalue weighted by Gasteiger charge is 2.19. The number of rotatable bonds is 4. The highest BCUT2D eigenvalue weighted by molar-refractivity contribution is 5.85. The molecule has 0 unspecified atom stereocenters. The van der Waals surface area contributed by atoms with Crippen LogP contribution >= 0.6 is 0 Å². The molecule has 152 valence electrons. The van der Waals surface area contributed by atoms with Gasteiger partial charge in [0, 0.05) is 18.0 Å². The molecule has 2 heterocycles. The molecule has 0 atom stereocenters. The van der Waals surface area contributed by atoms with Crippen molar-refractivity contribution in [3.05, 3.63) is 47.0 Å². The smallest absolute Gasteiger partial charge is 0.412 e. The minimum Gasteiger partial charge on any atom is -0.468 e. The van der Waals surface area contributed by atoms with Gasteiger partial charge in [0.1, 0.15) is 17.8 Å². The summed E-state index contributed by atoms with van der Waals surface area (Å²) in [5.74, 6) is -0.586. The fourth-order valence-electron chi connectivity index (χ4n) is 2.21. The lowest BCUT2D eigenvalue weighted by Crippen LogP contribution is -2.32. The van der Waals surface area contributed by atoms with Crippen molar-refractivity contribution in [2.45, 2.75) is 46.8 Å². The quantitative estimate of drug-likeness (QED) is 0.804. The third-order valence-corrected chi connectivity index (χ3v) is 3.30. The zero-order valence-corrected chi connectivity index (χ0v) is 17.1. The Morgan fingerprint density at radius 3 is 2.25 bits per heavy atom. The number of esters is 1. The summed E-state index contributed by atoms with van der Waals surface area (Å²) in [6.45, 7) is 8.86. The molecule has 28 heavy (non-hydrogen) atoms. The van der Waals surface area contributed by atoms with Crippen LogP contribution in [0.1, 0.15) is 34.6 Å². The van der Waals surface area contributed by atoms with E-state index in [2.05, 4.69) is 15.0 Å². The number of hydrogen-bond acceptors (Lipinski definition) is 6. The van der Waals surface area contributed by atoms with Crippen molar-refractivity contribution >= 4 is 17.7 Å². The van der Waals surface area contributed by atoms with Crippen LogP contribution in [0.5, 0.6) is 0 Å². The maximum Gasteiger partial charge on any atom is 0.412 e. The van der Waals surface area contributed by atoms with Crippen LogP contribution in [0.3, 0.4) is 0 Å². The Hall–Kier alpha value is -3.16. The number of hydrogen-bond donors (Lipinski definition) is 1. The predicted octanol–water partition coefficient (Wildman–Crippen LogP) is 3.46. The summed E-state index contributed by atoms with van der Waals surface area (Å²) in [6.07, 6.45) is 2.40. The van der Waals surface area contributed by atoms with E-state index in [-0.39, 0.29) is 12.2 Å². The third kappa shape index (κ3) is 6.53. The zero-order valence-electron chi connectivity index (χ0n) is 17.1. The number of ether oxygens (including phenoxy) is 2. The number of anilines is 1. The van der Waals surface area contributed by atoms with E-state index in [1.807, 2.05) is 13.8 Å². The number of amides is 1. The first-order valence-corrected chi connectivity index (χ1v) is 8.92. The van der Waals surface area contributed by atoms with E-state index in [0.29, 0.717) is 11.3 Å². The van der Waals surface area contributed by atoms with Gasteiger partial charge in [-0.3, -0.25) is 24.5 Å². The summed E-state index contributed by atoms with van der Waals surface area (Å²) in [6, 6.07) is 6.52. The van der Waals surface area contributed by atoms with E-state index in [1.165, 1.54) is 17.7 Å². The molecule has 0 radical (unpaired) electrons. The van der Waals surface area contributed by atoms with Gasteiger partial charge in [0.25, 0.3) is 5.56 Å². The third-order valence-electron chi connectivity index (χ3n) is 3.30. The standard InChI is InChI=1S/C18H21N3O5.C2H6/c1-18(2,3)26-17(24)20-13-5-6-14(12-7-9-19-10-8-12)21(16(13)23)11-15(22)25-4;1-2/h5-10H,11H2,1-4H3,(H,20,24);1-2H3. The van der Waals surface area contributed by atoms with Crippen molar-refractivity contribution in [3.63, 3.8) is 0 Å². The lowest BCUT2D eigenvalue weighted by Gasteiger charge is -2.20. The number of nitrogens with zero attached hydrogens (tertiary/aromatic N) is 2. The maximum absolute atomic E-state index is 12.8. The van der Waals surface area contributed by atoms with Crippen molar-refractivity contribution < 1.29 is 19.1 Å². The normalized spacial score (nSPS) is 10.4. The minimum atomic E-state index is -0.754. The number of carbonyl (C=O) groups excluding carboxylic acids is 2. The van der Waals surface area contributed by atoms with Crippen molar-refractivity contribution in [3.8, 4) is 11.3 Å². The molecule has 1 N–H and O–H groups in total. The highest BCUT2D eigenvalue weighted by atomic mass is 16.6. The molecule has 2 rings (SSSR count). The van der Waals surface area contributed by atoms with Gasteiger partial charge < -0.3 is 9.47 Å². The summed E-state index contributed by atoms with van der Waals surface area (Å²) in [5, 5.41) is 2.42. The summed E-state index contributed by atoms with van der Waals surface area (Å²) in [7, 11) is 1.24. The van der Waals surface area contributed by atoms with E-state index in [1.54, 1.807) is 51.4 Å². The molecule has 0 aliphatic rings. The van der Waals surface area contributed by atoms with E-state index < -0.39 is 23.2 Å². The first-order chi connectivity index (χ1) is 13.2. The van der Waals surface area contributed by atoms with Gasteiger partial charge in [-0.2, -0.15) is 0 Å². The first kappa shape index (κ1) is 22.9. The van der Waals surface area contributed by atoms with Gasteiger partial charge in [0.05, 0.1) is 12.8 Å². The average molecular weight is 389 g/mol. The van der Waals surface area contributed by atoms with Gasteiger partial charge in [-0.15, -0.1) is 0 Å². The van der Waals surface area contributed by atoms with Crippen LogP contribution in [0.4, 0.5) is 10.5 Å². The Morgan fingerprint density at radius 2 is 1.71 bits per heavy atom. The summed E-state index contributed by atoms with van der Waals surface area (Å²) < 4.78 is 11.0. The predicted molar refractivity (Wildman–Crippen MR) is 107 cm³/mol. The Morgan fingerprint density at radius 1 is 1.11 bits per heavy atom. The van der Waals surface area contributed by atoms with Crippen LogP contribution in [0.2, 0.25) is 0 Å². The second-order valence-corrected chi connectivity index (χ2v) is 6.46. The Labute approximate surface area is 164 Å². The van der Waals surface area contributed by atoms with Gasteiger partial charge in [0.15, 0.2) is 0 Å². The molecule has 0 aromatic carbocycles. The van der Waals surface area contributed by atoms with E-state index in [9.17, 15) is 14.4 Å². The Kier molecular flexibility index (Phi) is 8.37. The number of pyridine rings is 2. The average Bonchev–Trinajstić information content (AvgIpc) is 2.65. The number of carbonyl (C=O) groups is 2. The van der Waals surface area contributed by atoms with Crippen molar-refractivity contribution in [2.24, 2.45) is 0 Å². The summed E-state index contributed by atoms with van der Waals surface area (Å²) in [5.41, 5.74) is -0.0505. The SMILES string of the molecule is CC.COC(=O)Cn1c(-c2ccncc2)ccc(NC(=O)OC(C)(C)C)c1=O. The molecule has 0 bridgehead atoms.